The Hall–Kier alpha value is -2.29. The van der Waals surface area contributed by atoms with E-state index in [-0.39, 0.29) is 5.91 Å². The number of aryl methyl sites for hydroxylation is 1. The molecule has 3 heteroatoms. The van der Waals surface area contributed by atoms with E-state index in [0.29, 0.717) is 12.0 Å². The third-order valence-electron chi connectivity index (χ3n) is 5.15. The van der Waals surface area contributed by atoms with Crippen LogP contribution >= 0.6 is 0 Å². The highest BCUT2D eigenvalue weighted by Gasteiger charge is 2.25. The number of benzene rings is 2. The molecule has 1 amide bonds. The van der Waals surface area contributed by atoms with Crippen molar-refractivity contribution in [3.63, 3.8) is 0 Å². The van der Waals surface area contributed by atoms with Crippen molar-refractivity contribution in [1.29, 1.82) is 0 Å². The molecular weight excluding hydrogens is 308 g/mol. The van der Waals surface area contributed by atoms with Crippen molar-refractivity contribution in [1.82, 2.24) is 0 Å². The minimum Gasteiger partial charge on any atom is -0.378 e. The van der Waals surface area contributed by atoms with Gasteiger partial charge in [-0.2, -0.15) is 0 Å². The Morgan fingerprint density at radius 2 is 1.76 bits per heavy atom. The summed E-state index contributed by atoms with van der Waals surface area (Å²) in [5, 5.41) is 6.68. The summed E-state index contributed by atoms with van der Waals surface area (Å²) in [6.07, 6.45) is 6.55. The maximum atomic E-state index is 11.4. The van der Waals surface area contributed by atoms with Crippen molar-refractivity contribution in [3.05, 3.63) is 59.7 Å². The Kier molecular flexibility index (Phi) is 5.75. The molecule has 1 saturated carbocycles. The first kappa shape index (κ1) is 17.5. The van der Waals surface area contributed by atoms with Crippen molar-refractivity contribution >= 4 is 17.3 Å². The number of carbonyl (C=O) groups excluding carboxylic acids is 1. The quantitative estimate of drug-likeness (QED) is 0.736. The highest BCUT2D eigenvalue weighted by molar-refractivity contribution is 5.90. The maximum absolute atomic E-state index is 11.4. The zero-order valence-corrected chi connectivity index (χ0v) is 15.2. The summed E-state index contributed by atoms with van der Waals surface area (Å²) in [4.78, 5) is 11.4. The number of anilines is 2. The zero-order valence-electron chi connectivity index (χ0n) is 15.2. The molecule has 0 spiro atoms. The molecule has 1 aliphatic rings. The molecule has 2 aromatic rings. The molecule has 3 nitrogen and oxygen atoms in total. The largest absolute Gasteiger partial charge is 0.378 e. The molecule has 25 heavy (non-hydrogen) atoms. The summed E-state index contributed by atoms with van der Waals surface area (Å²) in [5.41, 5.74) is 4.37. The highest BCUT2D eigenvalue weighted by Crippen LogP contribution is 2.37. The predicted octanol–water partition coefficient (Wildman–Crippen LogP) is 5.69. The Morgan fingerprint density at radius 1 is 1.04 bits per heavy atom. The minimum absolute atomic E-state index is 0.0351. The van der Waals surface area contributed by atoms with Crippen molar-refractivity contribution in [2.45, 2.75) is 52.0 Å². The van der Waals surface area contributed by atoms with Crippen LogP contribution in [0.4, 0.5) is 11.4 Å². The second-order valence-electron chi connectivity index (χ2n) is 7.14. The van der Waals surface area contributed by atoms with Crippen LogP contribution in [0.2, 0.25) is 0 Å². The first-order valence-electron chi connectivity index (χ1n) is 9.33. The Bertz CT molecular complexity index is 705. The lowest BCUT2D eigenvalue weighted by molar-refractivity contribution is -0.114. The number of hydrogen-bond donors (Lipinski definition) is 2. The fourth-order valence-corrected chi connectivity index (χ4v) is 3.82. The van der Waals surface area contributed by atoms with E-state index in [1.54, 1.807) is 6.92 Å². The second-order valence-corrected chi connectivity index (χ2v) is 7.14. The van der Waals surface area contributed by atoms with Gasteiger partial charge in [0.25, 0.3) is 0 Å². The van der Waals surface area contributed by atoms with E-state index in [2.05, 4.69) is 59.2 Å². The van der Waals surface area contributed by atoms with Gasteiger partial charge >= 0.3 is 0 Å². The monoisotopic (exact) mass is 336 g/mol. The van der Waals surface area contributed by atoms with Gasteiger partial charge in [0.2, 0.25) is 5.91 Å². The highest BCUT2D eigenvalue weighted by atomic mass is 16.1. The Balaban J connectivity index is 1.86. The number of nitrogens with one attached hydrogen (secondary N) is 2. The molecule has 0 heterocycles. The number of amides is 1. The van der Waals surface area contributed by atoms with Gasteiger partial charge in [0.1, 0.15) is 0 Å². The summed E-state index contributed by atoms with van der Waals surface area (Å²) < 4.78 is 0. The third-order valence-corrected chi connectivity index (χ3v) is 5.15. The van der Waals surface area contributed by atoms with Crippen LogP contribution in [0.3, 0.4) is 0 Å². The summed E-state index contributed by atoms with van der Waals surface area (Å²) >= 11 is 0. The van der Waals surface area contributed by atoms with Gasteiger partial charge in [0, 0.05) is 18.3 Å². The van der Waals surface area contributed by atoms with Crippen LogP contribution in [0.25, 0.3) is 0 Å². The molecule has 0 aromatic heterocycles. The van der Waals surface area contributed by atoms with E-state index in [9.17, 15) is 4.79 Å². The third kappa shape index (κ3) is 4.62. The second kappa shape index (κ2) is 8.19. The number of carbonyl (C=O) groups is 1. The van der Waals surface area contributed by atoms with Crippen molar-refractivity contribution < 1.29 is 4.79 Å². The number of rotatable bonds is 5. The van der Waals surface area contributed by atoms with Crippen LogP contribution in [0, 0.1) is 12.8 Å². The summed E-state index contributed by atoms with van der Waals surface area (Å²) in [6, 6.07) is 17.3. The van der Waals surface area contributed by atoms with E-state index < -0.39 is 0 Å². The smallest absolute Gasteiger partial charge is 0.221 e. The van der Waals surface area contributed by atoms with Crippen LogP contribution in [0.5, 0.6) is 0 Å². The van der Waals surface area contributed by atoms with Crippen molar-refractivity contribution in [2.75, 3.05) is 10.6 Å². The van der Waals surface area contributed by atoms with Gasteiger partial charge < -0.3 is 10.6 Å². The molecule has 1 atom stereocenters. The Labute approximate surface area is 150 Å². The fraction of sp³-hybridized carbons (Fsp3) is 0.409. The van der Waals surface area contributed by atoms with Crippen LogP contribution in [-0.2, 0) is 4.79 Å². The molecule has 132 valence electrons. The van der Waals surface area contributed by atoms with Gasteiger partial charge in [0.15, 0.2) is 0 Å². The summed E-state index contributed by atoms with van der Waals surface area (Å²) in [6.45, 7) is 3.57. The van der Waals surface area contributed by atoms with E-state index >= 15 is 0 Å². The fourth-order valence-electron chi connectivity index (χ4n) is 3.82. The average Bonchev–Trinajstić information content (AvgIpc) is 2.63. The molecular formula is C22H28N2O. The standard InChI is InChI=1S/C22H28N2O/c1-16-13-14-20(15-21(16)23-17(2)25)24-22(18-9-5-3-6-10-18)19-11-7-4-8-12-19/h3,5-6,9-10,13-15,19,22,24H,4,7-8,11-12H2,1-2H3,(H,23,25). The molecule has 0 bridgehead atoms. The maximum Gasteiger partial charge on any atom is 0.221 e. The van der Waals surface area contributed by atoms with Crippen molar-refractivity contribution in [3.8, 4) is 0 Å². The lowest BCUT2D eigenvalue weighted by Crippen LogP contribution is -2.23. The van der Waals surface area contributed by atoms with Crippen molar-refractivity contribution in [2.24, 2.45) is 5.92 Å². The molecule has 2 aromatic carbocycles. The molecule has 0 aliphatic heterocycles. The summed E-state index contributed by atoms with van der Waals surface area (Å²) in [5.74, 6) is 0.619. The van der Waals surface area contributed by atoms with E-state index in [1.165, 1.54) is 37.7 Å². The van der Waals surface area contributed by atoms with Crippen LogP contribution in [0.1, 0.15) is 56.2 Å². The SMILES string of the molecule is CC(=O)Nc1cc(NC(c2ccccc2)C2CCCCC2)ccc1C. The van der Waals surface area contributed by atoms with Gasteiger partial charge in [-0.15, -0.1) is 0 Å². The topological polar surface area (TPSA) is 41.1 Å². The normalized spacial score (nSPS) is 16.2. The van der Waals surface area contributed by atoms with Gasteiger partial charge in [-0.1, -0.05) is 55.7 Å². The molecule has 0 radical (unpaired) electrons. The minimum atomic E-state index is -0.0351. The van der Waals surface area contributed by atoms with E-state index in [4.69, 9.17) is 0 Å². The number of hydrogen-bond acceptors (Lipinski definition) is 2. The van der Waals surface area contributed by atoms with Crippen LogP contribution in [-0.4, -0.2) is 5.91 Å². The molecule has 1 unspecified atom stereocenters. The van der Waals surface area contributed by atoms with Gasteiger partial charge in [-0.3, -0.25) is 4.79 Å². The first-order valence-corrected chi connectivity index (χ1v) is 9.33. The zero-order chi connectivity index (χ0) is 17.6. The Morgan fingerprint density at radius 3 is 2.44 bits per heavy atom. The molecule has 0 saturated heterocycles. The van der Waals surface area contributed by atoms with E-state index in [1.807, 2.05) is 6.92 Å². The lowest BCUT2D eigenvalue weighted by atomic mass is 9.81. The predicted molar refractivity (Wildman–Crippen MR) is 105 cm³/mol. The van der Waals surface area contributed by atoms with Crippen LogP contribution in [0.15, 0.2) is 48.5 Å². The first-order chi connectivity index (χ1) is 12.1. The van der Waals surface area contributed by atoms with Gasteiger partial charge in [0.05, 0.1) is 6.04 Å². The molecule has 1 fully saturated rings. The lowest BCUT2D eigenvalue weighted by Gasteiger charge is -2.32. The molecule has 2 N–H and O–H groups in total. The molecule has 1 aliphatic carbocycles. The van der Waals surface area contributed by atoms with Gasteiger partial charge in [-0.25, -0.2) is 0 Å². The van der Waals surface area contributed by atoms with Gasteiger partial charge in [-0.05, 0) is 48.9 Å². The average molecular weight is 336 g/mol. The summed E-state index contributed by atoms with van der Waals surface area (Å²) in [7, 11) is 0. The molecule has 3 rings (SSSR count). The van der Waals surface area contributed by atoms with Crippen LogP contribution < -0.4 is 10.6 Å². The van der Waals surface area contributed by atoms with E-state index in [0.717, 1.165) is 16.9 Å².